The lowest BCUT2D eigenvalue weighted by atomic mass is 10.1. The molecule has 0 saturated carbocycles. The number of hydrogen-bond donors (Lipinski definition) is 0. The van der Waals surface area contributed by atoms with Crippen molar-refractivity contribution in [2.45, 2.75) is 39.7 Å². The summed E-state index contributed by atoms with van der Waals surface area (Å²) in [5.74, 6) is 0. The molecule has 2 nitrogen and oxygen atoms in total. The lowest BCUT2D eigenvalue weighted by Gasteiger charge is -2.37. The van der Waals surface area contributed by atoms with Crippen LogP contribution in [0.1, 0.15) is 34.1 Å². The Hall–Kier alpha value is -0.0800. The van der Waals surface area contributed by atoms with Crippen LogP contribution in [-0.2, 0) is 9.47 Å². The van der Waals surface area contributed by atoms with Crippen LogP contribution in [0.2, 0.25) is 0 Å². The van der Waals surface area contributed by atoms with Gasteiger partial charge in [0, 0.05) is 6.61 Å². The third-order valence-corrected chi connectivity index (χ3v) is 1.47. The van der Waals surface area contributed by atoms with Gasteiger partial charge in [0.2, 0.25) is 0 Å². The molecular weight excluding hydrogens is 140 g/mol. The molecule has 0 amide bonds. The summed E-state index contributed by atoms with van der Waals surface area (Å²) < 4.78 is 10.5. The molecule has 0 aromatic rings. The Morgan fingerprint density at radius 1 is 1.36 bits per heavy atom. The van der Waals surface area contributed by atoms with Crippen molar-refractivity contribution in [2.75, 3.05) is 19.8 Å². The summed E-state index contributed by atoms with van der Waals surface area (Å²) in [4.78, 5) is 0. The fraction of sp³-hybridized carbons (Fsp3) is 1.00. The van der Waals surface area contributed by atoms with Crippen LogP contribution in [0.3, 0.4) is 0 Å². The molecule has 0 bridgehead atoms. The summed E-state index contributed by atoms with van der Waals surface area (Å²) in [7, 11) is 0. The summed E-state index contributed by atoms with van der Waals surface area (Å²) in [6.07, 6.45) is 1.09. The van der Waals surface area contributed by atoms with Crippen molar-refractivity contribution in [3.05, 3.63) is 0 Å². The molecule has 0 radical (unpaired) electrons. The minimum absolute atomic E-state index is 0.0516. The van der Waals surface area contributed by atoms with Gasteiger partial charge in [-0.3, -0.25) is 0 Å². The van der Waals surface area contributed by atoms with Gasteiger partial charge in [-0.25, -0.2) is 0 Å². The van der Waals surface area contributed by atoms with E-state index >= 15 is 0 Å². The molecule has 2 heteroatoms. The van der Waals surface area contributed by atoms with Gasteiger partial charge in [0.05, 0.1) is 13.2 Å². The predicted molar refractivity (Wildman–Crippen MR) is 46.8 cm³/mol. The van der Waals surface area contributed by atoms with E-state index in [0.29, 0.717) is 0 Å². The molecule has 0 spiro atoms. The summed E-state index contributed by atoms with van der Waals surface area (Å²) in [5.41, 5.74) is 0.0516. The maximum absolute atomic E-state index is 5.49. The minimum Gasteiger partial charge on any atom is -0.375 e. The smallest absolute Gasteiger partial charge is 0.112 e. The highest BCUT2D eigenvalue weighted by atomic mass is 16.6. The third kappa shape index (κ3) is 3.73. The molecule has 0 aliphatic carbocycles. The van der Waals surface area contributed by atoms with Crippen LogP contribution in [0.5, 0.6) is 0 Å². The number of rotatable bonds is 3. The molecule has 0 N–H and O–H groups in total. The van der Waals surface area contributed by atoms with Gasteiger partial charge in [-0.05, 0) is 13.3 Å². The van der Waals surface area contributed by atoms with E-state index in [9.17, 15) is 0 Å². The predicted octanol–water partition coefficient (Wildman–Crippen LogP) is 2.23. The van der Waals surface area contributed by atoms with Crippen LogP contribution in [-0.4, -0.2) is 25.4 Å². The molecule has 1 rings (SSSR count). The van der Waals surface area contributed by atoms with Crippen molar-refractivity contribution in [1.82, 2.24) is 0 Å². The van der Waals surface area contributed by atoms with Gasteiger partial charge >= 0.3 is 0 Å². The van der Waals surface area contributed by atoms with Gasteiger partial charge in [-0.2, -0.15) is 0 Å². The molecule has 0 aromatic heterocycles. The Bertz CT molecular complexity index is 87.6. The van der Waals surface area contributed by atoms with Gasteiger partial charge in [0.15, 0.2) is 0 Å². The lowest BCUT2D eigenvalue weighted by molar-refractivity contribution is -0.198. The normalized spacial score (nSPS) is 19.6. The lowest BCUT2D eigenvalue weighted by Crippen LogP contribution is -2.49. The van der Waals surface area contributed by atoms with Crippen molar-refractivity contribution in [3.8, 4) is 0 Å². The highest BCUT2D eigenvalue weighted by molar-refractivity contribution is 4.81. The van der Waals surface area contributed by atoms with E-state index in [1.54, 1.807) is 0 Å². The van der Waals surface area contributed by atoms with Crippen molar-refractivity contribution in [1.29, 1.82) is 0 Å². The van der Waals surface area contributed by atoms with Crippen molar-refractivity contribution < 1.29 is 9.47 Å². The Morgan fingerprint density at radius 3 is 2.18 bits per heavy atom. The molecule has 0 atom stereocenters. The standard InChI is InChI=1S/C7H14O2.C2H6/c1-3-4-9-7(2)5-8-6-7;1-2/h3-6H2,1-2H3;1-2H3. The van der Waals surface area contributed by atoms with Crippen LogP contribution in [0.4, 0.5) is 0 Å². The molecule has 0 aromatic carbocycles. The third-order valence-electron chi connectivity index (χ3n) is 1.47. The van der Waals surface area contributed by atoms with Crippen molar-refractivity contribution in [3.63, 3.8) is 0 Å². The van der Waals surface area contributed by atoms with Crippen molar-refractivity contribution in [2.24, 2.45) is 0 Å². The SMILES string of the molecule is CC.CCCOC1(C)COC1. The molecule has 68 valence electrons. The average Bonchev–Trinajstić information content (AvgIpc) is 2.01. The van der Waals surface area contributed by atoms with E-state index in [2.05, 4.69) is 13.8 Å². The van der Waals surface area contributed by atoms with Crippen LogP contribution in [0.15, 0.2) is 0 Å². The van der Waals surface area contributed by atoms with Crippen LogP contribution in [0.25, 0.3) is 0 Å². The number of ether oxygens (including phenoxy) is 2. The molecular formula is C9H20O2. The summed E-state index contributed by atoms with van der Waals surface area (Å²) in [5, 5.41) is 0. The van der Waals surface area contributed by atoms with Gasteiger partial charge in [-0.15, -0.1) is 0 Å². The largest absolute Gasteiger partial charge is 0.375 e. The second-order valence-corrected chi connectivity index (χ2v) is 2.79. The van der Waals surface area contributed by atoms with Crippen LogP contribution in [0, 0.1) is 0 Å². The molecule has 1 aliphatic rings. The first-order valence-corrected chi connectivity index (χ1v) is 4.48. The van der Waals surface area contributed by atoms with E-state index in [4.69, 9.17) is 9.47 Å². The zero-order valence-corrected chi connectivity index (χ0v) is 8.14. The molecule has 0 unspecified atom stereocenters. The highest BCUT2D eigenvalue weighted by Gasteiger charge is 2.33. The molecule has 1 aliphatic heterocycles. The molecule has 1 fully saturated rings. The van der Waals surface area contributed by atoms with E-state index < -0.39 is 0 Å². The topological polar surface area (TPSA) is 18.5 Å². The summed E-state index contributed by atoms with van der Waals surface area (Å²) in [6.45, 7) is 10.6. The summed E-state index contributed by atoms with van der Waals surface area (Å²) >= 11 is 0. The molecule has 1 saturated heterocycles. The zero-order chi connectivity index (χ0) is 8.74. The monoisotopic (exact) mass is 160 g/mol. The first-order valence-electron chi connectivity index (χ1n) is 4.48. The van der Waals surface area contributed by atoms with E-state index in [-0.39, 0.29) is 5.60 Å². The molecule has 11 heavy (non-hydrogen) atoms. The average molecular weight is 160 g/mol. The number of hydrogen-bond acceptors (Lipinski definition) is 2. The second kappa shape index (κ2) is 5.56. The maximum atomic E-state index is 5.49. The second-order valence-electron chi connectivity index (χ2n) is 2.79. The minimum atomic E-state index is 0.0516. The summed E-state index contributed by atoms with van der Waals surface area (Å²) in [6, 6.07) is 0. The van der Waals surface area contributed by atoms with E-state index in [0.717, 1.165) is 26.2 Å². The molecule has 1 heterocycles. The fourth-order valence-electron chi connectivity index (χ4n) is 0.821. The Labute approximate surface area is 69.9 Å². The zero-order valence-electron chi connectivity index (χ0n) is 8.14. The van der Waals surface area contributed by atoms with Gasteiger partial charge in [-0.1, -0.05) is 20.8 Å². The van der Waals surface area contributed by atoms with Gasteiger partial charge < -0.3 is 9.47 Å². The first kappa shape index (κ1) is 10.9. The van der Waals surface area contributed by atoms with E-state index in [1.165, 1.54) is 0 Å². The van der Waals surface area contributed by atoms with Crippen molar-refractivity contribution >= 4 is 0 Å². The quantitative estimate of drug-likeness (QED) is 0.630. The van der Waals surface area contributed by atoms with Gasteiger partial charge in [0.1, 0.15) is 5.60 Å². The fourth-order valence-corrected chi connectivity index (χ4v) is 0.821. The first-order chi connectivity index (χ1) is 5.27. The highest BCUT2D eigenvalue weighted by Crippen LogP contribution is 2.20. The Morgan fingerprint density at radius 2 is 1.91 bits per heavy atom. The Kier molecular flexibility index (Phi) is 5.51. The van der Waals surface area contributed by atoms with E-state index in [1.807, 2.05) is 13.8 Å². The Balaban J connectivity index is 0.000000461. The van der Waals surface area contributed by atoms with Crippen LogP contribution < -0.4 is 0 Å². The van der Waals surface area contributed by atoms with Gasteiger partial charge in [0.25, 0.3) is 0 Å². The van der Waals surface area contributed by atoms with Crippen LogP contribution >= 0.6 is 0 Å². The maximum Gasteiger partial charge on any atom is 0.112 e.